The fourth-order valence-electron chi connectivity index (χ4n) is 3.41. The number of imidazole rings is 1. The summed E-state index contributed by atoms with van der Waals surface area (Å²) < 4.78 is 32.6. The highest BCUT2D eigenvalue weighted by Gasteiger charge is 2.09. The summed E-state index contributed by atoms with van der Waals surface area (Å²) in [6, 6.07) is 23.8. The molecule has 186 valence electrons. The van der Waals surface area contributed by atoms with Gasteiger partial charge in [-0.2, -0.15) is 0 Å². The Kier molecular flexibility index (Phi) is 8.02. The van der Waals surface area contributed by atoms with Crippen molar-refractivity contribution in [2.24, 2.45) is 0 Å². The van der Waals surface area contributed by atoms with Gasteiger partial charge in [-0.3, -0.25) is 4.57 Å². The predicted octanol–water partition coefficient (Wildman–Crippen LogP) is 5.19. The summed E-state index contributed by atoms with van der Waals surface area (Å²) in [5.41, 5.74) is 2.37. The lowest BCUT2D eigenvalue weighted by Crippen LogP contribution is -2.29. The molecule has 8 nitrogen and oxygen atoms in total. The molecular weight excluding hydrogens is 476 g/mol. The molecule has 0 fully saturated rings. The zero-order chi connectivity index (χ0) is 25.4. The number of ether oxygens (including phenoxy) is 2. The Morgan fingerprint density at radius 3 is 2.50 bits per heavy atom. The lowest BCUT2D eigenvalue weighted by molar-refractivity contribution is 0.240. The predicted molar refractivity (Wildman–Crippen MR) is 139 cm³/mol. The van der Waals surface area contributed by atoms with Gasteiger partial charge in [0.1, 0.15) is 24.4 Å². The maximum atomic E-state index is 12.4. The number of hydrogen-bond acceptors (Lipinski definition) is 6. The van der Waals surface area contributed by atoms with Crippen molar-refractivity contribution in [1.29, 1.82) is 4.78 Å². The van der Waals surface area contributed by atoms with Crippen molar-refractivity contribution in [2.45, 2.75) is 17.9 Å². The molecule has 0 radical (unpaired) electrons. The maximum absolute atomic E-state index is 12.4. The third-order valence-electron chi connectivity index (χ3n) is 5.33. The highest BCUT2D eigenvalue weighted by atomic mass is 32.2. The van der Waals surface area contributed by atoms with Crippen LogP contribution in [0, 0.1) is 4.78 Å². The molecule has 0 bridgehead atoms. The van der Waals surface area contributed by atoms with E-state index in [1.807, 2.05) is 60.7 Å². The molecule has 9 heteroatoms. The van der Waals surface area contributed by atoms with Gasteiger partial charge >= 0.3 is 6.03 Å². The minimum atomic E-state index is -2.77. The fraction of sp³-hybridized carbons (Fsp3) is 0.185. The minimum Gasteiger partial charge on any atom is -0.494 e. The zero-order valence-electron chi connectivity index (χ0n) is 19.9. The average molecular weight is 505 g/mol. The Morgan fingerprint density at radius 1 is 1.00 bits per heavy atom. The third-order valence-corrected chi connectivity index (χ3v) is 6.48. The number of nitrogens with one attached hydrogen (secondary N) is 2. The first-order valence-corrected chi connectivity index (χ1v) is 13.4. The standard InChI is InChI=1S/C27H28N4O4S/c1-36(28,33)25-10-5-7-21(17-25)19-35-24-13-11-22(12-14-24)26-18-31(20-30-26)27(32)29-15-6-16-34-23-8-3-2-4-9-23/h2-5,7-14,17-18,20,28H,6,15-16,19H2,1H3,(H,29,32). The fourth-order valence-corrected chi connectivity index (χ4v) is 4.13. The summed E-state index contributed by atoms with van der Waals surface area (Å²) in [5.74, 6) is 1.48. The van der Waals surface area contributed by atoms with Gasteiger partial charge in [0.2, 0.25) is 0 Å². The lowest BCUT2D eigenvalue weighted by Gasteiger charge is -2.09. The number of rotatable bonds is 10. The van der Waals surface area contributed by atoms with Crippen LogP contribution in [0.15, 0.2) is 96.3 Å². The van der Waals surface area contributed by atoms with Gasteiger partial charge in [0.25, 0.3) is 0 Å². The molecule has 0 saturated carbocycles. The van der Waals surface area contributed by atoms with Gasteiger partial charge in [-0.05, 0) is 60.5 Å². The molecule has 0 spiro atoms. The Morgan fingerprint density at radius 2 is 1.75 bits per heavy atom. The van der Waals surface area contributed by atoms with E-state index < -0.39 is 9.73 Å². The van der Waals surface area contributed by atoms with Crippen molar-refractivity contribution in [1.82, 2.24) is 14.9 Å². The second-order valence-corrected chi connectivity index (χ2v) is 10.4. The van der Waals surface area contributed by atoms with E-state index in [0.717, 1.165) is 16.9 Å². The molecule has 1 aromatic heterocycles. The molecule has 1 amide bonds. The Bertz CT molecular complexity index is 1400. The van der Waals surface area contributed by atoms with E-state index in [4.69, 9.17) is 14.3 Å². The average Bonchev–Trinajstić information content (AvgIpc) is 3.38. The maximum Gasteiger partial charge on any atom is 0.326 e. The number of benzene rings is 3. The van der Waals surface area contributed by atoms with Gasteiger partial charge in [-0.15, -0.1) is 0 Å². The van der Waals surface area contributed by atoms with Gasteiger partial charge in [0.05, 0.1) is 22.0 Å². The normalized spacial score (nSPS) is 12.5. The Balaban J connectivity index is 1.25. The molecule has 36 heavy (non-hydrogen) atoms. The molecule has 0 aliphatic carbocycles. The van der Waals surface area contributed by atoms with Crippen LogP contribution in [0.2, 0.25) is 0 Å². The molecule has 4 aromatic rings. The van der Waals surface area contributed by atoms with Gasteiger partial charge in [-0.25, -0.2) is 18.8 Å². The van der Waals surface area contributed by atoms with Crippen molar-refractivity contribution >= 4 is 15.8 Å². The van der Waals surface area contributed by atoms with Gasteiger partial charge in [0, 0.05) is 29.5 Å². The highest BCUT2D eigenvalue weighted by molar-refractivity contribution is 7.91. The van der Waals surface area contributed by atoms with Gasteiger partial charge in [0.15, 0.2) is 0 Å². The molecule has 4 rings (SSSR count). The van der Waals surface area contributed by atoms with E-state index in [9.17, 15) is 9.00 Å². The van der Waals surface area contributed by atoms with Crippen LogP contribution in [-0.4, -0.2) is 39.2 Å². The summed E-state index contributed by atoms with van der Waals surface area (Å²) in [6.07, 6.45) is 5.26. The summed E-state index contributed by atoms with van der Waals surface area (Å²) in [4.78, 5) is 17.2. The Labute approximate surface area is 210 Å². The zero-order valence-corrected chi connectivity index (χ0v) is 20.7. The SMILES string of the molecule is CS(=N)(=O)c1cccc(COc2ccc(-c3cn(C(=O)NCCCOc4ccccc4)cn3)cc2)c1. The molecule has 1 heterocycles. The molecule has 0 aliphatic rings. The second kappa shape index (κ2) is 11.5. The molecular formula is C27H28N4O4S. The van der Waals surface area contributed by atoms with Crippen LogP contribution < -0.4 is 14.8 Å². The first kappa shape index (κ1) is 25.0. The highest BCUT2D eigenvalue weighted by Crippen LogP contribution is 2.22. The summed E-state index contributed by atoms with van der Waals surface area (Å²) in [7, 11) is -2.77. The summed E-state index contributed by atoms with van der Waals surface area (Å²) >= 11 is 0. The van der Waals surface area contributed by atoms with E-state index in [-0.39, 0.29) is 6.03 Å². The van der Waals surface area contributed by atoms with E-state index in [0.29, 0.717) is 42.5 Å². The van der Waals surface area contributed by atoms with Crippen LogP contribution in [0.4, 0.5) is 4.79 Å². The number of carbonyl (C=O) groups excluding carboxylic acids is 1. The molecule has 1 atom stereocenters. The van der Waals surface area contributed by atoms with Gasteiger partial charge in [-0.1, -0.05) is 30.3 Å². The molecule has 0 aliphatic heterocycles. The van der Waals surface area contributed by atoms with Crippen LogP contribution in [0.1, 0.15) is 12.0 Å². The number of para-hydroxylation sites is 1. The van der Waals surface area contributed by atoms with Crippen molar-refractivity contribution in [3.63, 3.8) is 0 Å². The van der Waals surface area contributed by atoms with E-state index >= 15 is 0 Å². The van der Waals surface area contributed by atoms with Crippen LogP contribution in [0.3, 0.4) is 0 Å². The van der Waals surface area contributed by atoms with Gasteiger partial charge < -0.3 is 14.8 Å². The van der Waals surface area contributed by atoms with E-state index in [1.54, 1.807) is 24.4 Å². The second-order valence-electron chi connectivity index (χ2n) is 8.22. The number of carbonyl (C=O) groups is 1. The minimum absolute atomic E-state index is 0.251. The van der Waals surface area contributed by atoms with Crippen molar-refractivity contribution < 1.29 is 18.5 Å². The number of nitrogens with zero attached hydrogens (tertiary/aromatic N) is 2. The topological polar surface area (TPSA) is 106 Å². The monoisotopic (exact) mass is 504 g/mol. The first-order chi connectivity index (χ1) is 17.4. The number of amides is 1. The van der Waals surface area contributed by atoms with Crippen molar-refractivity contribution in [3.8, 4) is 22.8 Å². The van der Waals surface area contributed by atoms with Crippen molar-refractivity contribution in [2.75, 3.05) is 19.4 Å². The van der Waals surface area contributed by atoms with Crippen LogP contribution >= 0.6 is 0 Å². The quantitative estimate of drug-likeness (QED) is 0.289. The van der Waals surface area contributed by atoms with Crippen LogP contribution in [0.25, 0.3) is 11.3 Å². The van der Waals surface area contributed by atoms with E-state index in [2.05, 4.69) is 10.3 Å². The smallest absolute Gasteiger partial charge is 0.326 e. The Hall–Kier alpha value is -4.11. The van der Waals surface area contributed by atoms with E-state index in [1.165, 1.54) is 17.2 Å². The number of hydrogen-bond donors (Lipinski definition) is 2. The molecule has 1 unspecified atom stereocenters. The van der Waals surface area contributed by atoms with Crippen molar-refractivity contribution in [3.05, 3.63) is 97.0 Å². The summed E-state index contributed by atoms with van der Waals surface area (Å²) in [6.45, 7) is 1.31. The van der Waals surface area contributed by atoms with Crippen LogP contribution in [-0.2, 0) is 16.3 Å². The molecule has 0 saturated heterocycles. The lowest BCUT2D eigenvalue weighted by atomic mass is 10.1. The van der Waals surface area contributed by atoms with Crippen LogP contribution in [0.5, 0.6) is 11.5 Å². The third kappa shape index (κ3) is 6.96. The first-order valence-electron chi connectivity index (χ1n) is 11.4. The number of aromatic nitrogens is 2. The molecule has 3 aromatic carbocycles. The summed E-state index contributed by atoms with van der Waals surface area (Å²) in [5, 5.41) is 2.86. The molecule has 2 N–H and O–H groups in total. The largest absolute Gasteiger partial charge is 0.494 e.